The van der Waals surface area contributed by atoms with Gasteiger partial charge >= 0.3 is 0 Å². The van der Waals surface area contributed by atoms with Crippen LogP contribution < -0.4 is 5.32 Å². The van der Waals surface area contributed by atoms with Crippen LogP contribution in [0.5, 0.6) is 0 Å². The molecule has 1 amide bonds. The Labute approximate surface area is 249 Å². The highest BCUT2D eigenvalue weighted by Gasteiger charge is 2.44. The normalized spacial score (nSPS) is 24.3. The number of aliphatic hydroxyl groups is 5. The summed E-state index contributed by atoms with van der Waals surface area (Å²) in [5.74, 6) is -0.154. The molecular weight excluding hydrogens is 526 g/mol. The molecule has 244 valence electrons. The van der Waals surface area contributed by atoms with E-state index in [4.69, 9.17) is 9.47 Å². The molecular formula is C32H63NO8. The lowest BCUT2D eigenvalue weighted by Crippen LogP contribution is -2.60. The van der Waals surface area contributed by atoms with Gasteiger partial charge in [-0.15, -0.1) is 0 Å². The van der Waals surface area contributed by atoms with Gasteiger partial charge in [0.05, 0.1) is 25.4 Å². The van der Waals surface area contributed by atoms with E-state index in [0.29, 0.717) is 12.8 Å². The number of carbonyl (C=O) groups is 1. The molecule has 1 rings (SSSR count). The number of amides is 1. The fraction of sp³-hybridized carbons (Fsp3) is 0.969. The second-order valence-electron chi connectivity index (χ2n) is 12.0. The van der Waals surface area contributed by atoms with Crippen molar-refractivity contribution in [1.29, 1.82) is 0 Å². The largest absolute Gasteiger partial charge is 0.394 e. The van der Waals surface area contributed by atoms with Crippen LogP contribution in [-0.4, -0.2) is 87.5 Å². The molecule has 7 atom stereocenters. The SMILES string of the molecule is CCCCCCCCCCCCC[C@@H](O)[C@H](CO[C@@H]1O[C@H](CO)[C@@H](O)C(O)C1O)NC(=O)CCCCCCCCC. The molecule has 0 bridgehead atoms. The third kappa shape index (κ3) is 17.2. The molecule has 2 unspecified atom stereocenters. The zero-order valence-electron chi connectivity index (χ0n) is 26.1. The Bertz CT molecular complexity index is 623. The maximum atomic E-state index is 12.7. The van der Waals surface area contributed by atoms with Gasteiger partial charge in [0.25, 0.3) is 0 Å². The first kappa shape index (κ1) is 38.2. The van der Waals surface area contributed by atoms with Gasteiger partial charge in [-0.25, -0.2) is 0 Å². The Hall–Kier alpha value is -0.810. The molecule has 6 N–H and O–H groups in total. The number of aliphatic hydroxyl groups excluding tert-OH is 5. The van der Waals surface area contributed by atoms with Crippen molar-refractivity contribution >= 4 is 5.91 Å². The summed E-state index contributed by atoms with van der Waals surface area (Å²) >= 11 is 0. The lowest BCUT2D eigenvalue weighted by Gasteiger charge is -2.40. The van der Waals surface area contributed by atoms with E-state index in [1.807, 2.05) is 0 Å². The number of ether oxygens (including phenoxy) is 2. The van der Waals surface area contributed by atoms with E-state index in [0.717, 1.165) is 38.5 Å². The molecule has 0 aromatic heterocycles. The van der Waals surface area contributed by atoms with E-state index in [2.05, 4.69) is 19.2 Å². The zero-order valence-corrected chi connectivity index (χ0v) is 26.1. The minimum Gasteiger partial charge on any atom is -0.394 e. The van der Waals surface area contributed by atoms with Crippen LogP contribution in [-0.2, 0) is 14.3 Å². The lowest BCUT2D eigenvalue weighted by atomic mass is 9.99. The fourth-order valence-corrected chi connectivity index (χ4v) is 5.39. The molecule has 1 saturated heterocycles. The van der Waals surface area contributed by atoms with Crippen molar-refractivity contribution in [2.24, 2.45) is 0 Å². The first-order valence-electron chi connectivity index (χ1n) is 16.7. The smallest absolute Gasteiger partial charge is 0.220 e. The second kappa shape index (κ2) is 24.6. The van der Waals surface area contributed by atoms with E-state index in [9.17, 15) is 30.3 Å². The molecule has 1 heterocycles. The minimum atomic E-state index is -1.54. The van der Waals surface area contributed by atoms with Crippen LogP contribution in [0.1, 0.15) is 142 Å². The van der Waals surface area contributed by atoms with Crippen molar-refractivity contribution in [3.63, 3.8) is 0 Å². The van der Waals surface area contributed by atoms with Crippen molar-refractivity contribution in [2.45, 2.75) is 185 Å². The first-order valence-corrected chi connectivity index (χ1v) is 16.7. The van der Waals surface area contributed by atoms with Crippen molar-refractivity contribution in [2.75, 3.05) is 13.2 Å². The van der Waals surface area contributed by atoms with Crippen LogP contribution in [0.2, 0.25) is 0 Å². The molecule has 41 heavy (non-hydrogen) atoms. The van der Waals surface area contributed by atoms with E-state index in [1.54, 1.807) is 0 Å². The topological polar surface area (TPSA) is 149 Å². The maximum absolute atomic E-state index is 12.7. The molecule has 1 aliphatic rings. The number of nitrogens with one attached hydrogen (secondary N) is 1. The summed E-state index contributed by atoms with van der Waals surface area (Å²) in [6.07, 6.45) is 14.2. The van der Waals surface area contributed by atoms with Crippen molar-refractivity contribution in [3.05, 3.63) is 0 Å². The summed E-state index contributed by atoms with van der Waals surface area (Å²) < 4.78 is 11.1. The maximum Gasteiger partial charge on any atom is 0.220 e. The van der Waals surface area contributed by atoms with Crippen molar-refractivity contribution in [3.8, 4) is 0 Å². The van der Waals surface area contributed by atoms with Gasteiger partial charge in [-0.2, -0.15) is 0 Å². The standard InChI is InChI=1S/C32H63NO8/c1-3-5-7-9-11-12-13-14-16-17-19-21-26(35)25(33-28(36)22-20-18-15-10-8-6-4-2)24-40-32-31(39)30(38)29(37)27(23-34)41-32/h25-27,29-32,34-35,37-39H,3-24H2,1-2H3,(H,33,36)/t25-,26+,27+,29+,30?,31?,32+/m0/s1. The number of hydrogen-bond acceptors (Lipinski definition) is 8. The predicted octanol–water partition coefficient (Wildman–Crippen LogP) is 4.49. The lowest BCUT2D eigenvalue weighted by molar-refractivity contribution is -0.302. The Kier molecular flexibility index (Phi) is 22.9. The van der Waals surface area contributed by atoms with Gasteiger partial charge in [-0.1, -0.05) is 123 Å². The van der Waals surface area contributed by atoms with Gasteiger partial charge in [0.1, 0.15) is 24.4 Å². The third-order valence-corrected chi connectivity index (χ3v) is 8.21. The van der Waals surface area contributed by atoms with E-state index in [1.165, 1.54) is 77.0 Å². The quantitative estimate of drug-likeness (QED) is 0.0809. The van der Waals surface area contributed by atoms with Crippen LogP contribution in [0, 0.1) is 0 Å². The summed E-state index contributed by atoms with van der Waals surface area (Å²) in [5, 5.41) is 53.7. The van der Waals surface area contributed by atoms with E-state index < -0.39 is 49.5 Å². The van der Waals surface area contributed by atoms with Gasteiger partial charge in [0.2, 0.25) is 5.91 Å². The molecule has 0 aromatic rings. The highest BCUT2D eigenvalue weighted by Crippen LogP contribution is 2.23. The summed E-state index contributed by atoms with van der Waals surface area (Å²) in [6, 6.07) is -0.706. The van der Waals surface area contributed by atoms with E-state index in [-0.39, 0.29) is 12.5 Å². The van der Waals surface area contributed by atoms with Crippen molar-refractivity contribution in [1.82, 2.24) is 5.32 Å². The summed E-state index contributed by atoms with van der Waals surface area (Å²) in [5.41, 5.74) is 0. The molecule has 0 aliphatic carbocycles. The van der Waals surface area contributed by atoms with Crippen LogP contribution in [0.25, 0.3) is 0 Å². The predicted molar refractivity (Wildman–Crippen MR) is 161 cm³/mol. The van der Waals surface area contributed by atoms with Gasteiger partial charge in [-0.3, -0.25) is 4.79 Å². The first-order chi connectivity index (χ1) is 19.8. The van der Waals surface area contributed by atoms with Gasteiger partial charge in [0.15, 0.2) is 6.29 Å². The molecule has 1 fully saturated rings. The highest BCUT2D eigenvalue weighted by molar-refractivity contribution is 5.76. The minimum absolute atomic E-state index is 0.134. The fourth-order valence-electron chi connectivity index (χ4n) is 5.39. The highest BCUT2D eigenvalue weighted by atomic mass is 16.7. The average molecular weight is 590 g/mol. The van der Waals surface area contributed by atoms with E-state index >= 15 is 0 Å². The van der Waals surface area contributed by atoms with Crippen LogP contribution in [0.4, 0.5) is 0 Å². The summed E-state index contributed by atoms with van der Waals surface area (Å²) in [4.78, 5) is 12.7. The zero-order chi connectivity index (χ0) is 30.3. The third-order valence-electron chi connectivity index (χ3n) is 8.21. The Morgan fingerprint density at radius 3 is 1.73 bits per heavy atom. The number of rotatable bonds is 26. The molecule has 0 saturated carbocycles. The summed E-state index contributed by atoms with van der Waals surface area (Å²) in [6.45, 7) is 3.74. The van der Waals surface area contributed by atoms with Gasteiger partial charge in [-0.05, 0) is 12.8 Å². The molecule has 0 radical (unpaired) electrons. The van der Waals surface area contributed by atoms with Crippen LogP contribution in [0.15, 0.2) is 0 Å². The van der Waals surface area contributed by atoms with Gasteiger partial charge < -0.3 is 40.3 Å². The molecule has 9 nitrogen and oxygen atoms in total. The Morgan fingerprint density at radius 2 is 1.22 bits per heavy atom. The Morgan fingerprint density at radius 1 is 0.732 bits per heavy atom. The number of carbonyl (C=O) groups excluding carboxylic acids is 1. The monoisotopic (exact) mass is 589 g/mol. The Balaban J connectivity index is 2.49. The van der Waals surface area contributed by atoms with Crippen molar-refractivity contribution < 1.29 is 39.8 Å². The molecule has 1 aliphatic heterocycles. The molecule has 9 heteroatoms. The van der Waals surface area contributed by atoms with Gasteiger partial charge in [0, 0.05) is 6.42 Å². The second-order valence-corrected chi connectivity index (χ2v) is 12.0. The number of unbranched alkanes of at least 4 members (excludes halogenated alkanes) is 16. The summed E-state index contributed by atoms with van der Waals surface area (Å²) in [7, 11) is 0. The number of hydrogen-bond donors (Lipinski definition) is 6. The molecule has 0 spiro atoms. The molecule has 0 aromatic carbocycles. The van der Waals surface area contributed by atoms with Crippen LogP contribution in [0.3, 0.4) is 0 Å². The average Bonchev–Trinajstić information content (AvgIpc) is 2.97. The van der Waals surface area contributed by atoms with Crippen LogP contribution >= 0.6 is 0 Å².